The molecule has 13 nitrogen and oxygen atoms in total. The Morgan fingerprint density at radius 2 is 1.66 bits per heavy atom. The average Bonchev–Trinajstić information content (AvgIpc) is 3.58. The third kappa shape index (κ3) is 17.9. The number of ether oxygens (including phenoxy) is 3. The molecule has 0 unspecified atom stereocenters. The minimum absolute atomic E-state index is 0.139. The number of aryl methyl sites for hydroxylation is 1. The van der Waals surface area contributed by atoms with Crippen molar-refractivity contribution in [3.63, 3.8) is 0 Å². The summed E-state index contributed by atoms with van der Waals surface area (Å²) in [6.45, 7) is 16.3. The van der Waals surface area contributed by atoms with E-state index in [0.717, 1.165) is 96.3 Å². The molecule has 3 aromatic rings. The number of methoxy groups -OCH3 is 1. The number of fused-ring (bicyclic) bond motifs is 1. The van der Waals surface area contributed by atoms with Crippen LogP contribution in [-0.4, -0.2) is 101 Å². The van der Waals surface area contributed by atoms with Gasteiger partial charge in [0.25, 0.3) is 0 Å². The Bertz CT molecular complexity index is 1880. The largest absolute Gasteiger partial charge is 0.465 e. The molecule has 13 heteroatoms. The van der Waals surface area contributed by atoms with E-state index in [2.05, 4.69) is 69.9 Å². The molecule has 0 saturated carbocycles. The molecule has 1 amide bonds. The first-order chi connectivity index (χ1) is 29.7. The molecule has 338 valence electrons. The first kappa shape index (κ1) is 49.3. The van der Waals surface area contributed by atoms with Gasteiger partial charge in [-0.2, -0.15) is 9.97 Å². The number of anilines is 1. The minimum atomic E-state index is -0.360. The van der Waals surface area contributed by atoms with E-state index < -0.39 is 0 Å². The zero-order valence-electron chi connectivity index (χ0n) is 38.0. The lowest BCUT2D eigenvalue weighted by molar-refractivity contribution is -0.116. The predicted octanol–water partition coefficient (Wildman–Crippen LogP) is 9.23. The summed E-state index contributed by atoms with van der Waals surface area (Å²) in [5.41, 5.74) is 5.08. The predicted molar refractivity (Wildman–Crippen MR) is 245 cm³/mol. The van der Waals surface area contributed by atoms with Crippen molar-refractivity contribution in [2.45, 2.75) is 144 Å². The van der Waals surface area contributed by atoms with Crippen LogP contribution < -0.4 is 15.7 Å². The number of morpholine rings is 1. The molecule has 1 aromatic carbocycles. The number of amides is 1. The number of hydrogen-bond donors (Lipinski definition) is 2. The second-order valence-electron chi connectivity index (χ2n) is 16.4. The average molecular weight is 846 g/mol. The highest BCUT2D eigenvalue weighted by Crippen LogP contribution is 2.22. The van der Waals surface area contributed by atoms with Crippen LogP contribution >= 0.6 is 0 Å². The molecule has 0 spiro atoms. The third-order valence-corrected chi connectivity index (χ3v) is 11.3. The van der Waals surface area contributed by atoms with Gasteiger partial charge in [0.15, 0.2) is 11.5 Å². The molecule has 1 aliphatic rings. The van der Waals surface area contributed by atoms with Gasteiger partial charge in [-0.25, -0.2) is 9.59 Å². The van der Waals surface area contributed by atoms with Crippen molar-refractivity contribution in [1.82, 2.24) is 29.3 Å². The summed E-state index contributed by atoms with van der Waals surface area (Å²) >= 11 is 0. The quantitative estimate of drug-likeness (QED) is 0.0379. The van der Waals surface area contributed by atoms with Crippen LogP contribution in [0.5, 0.6) is 6.01 Å². The van der Waals surface area contributed by atoms with Crippen LogP contribution in [0.4, 0.5) is 5.82 Å². The highest BCUT2D eigenvalue weighted by molar-refractivity contribution is 5.97. The zero-order valence-corrected chi connectivity index (χ0v) is 38.0. The highest BCUT2D eigenvalue weighted by atomic mass is 16.5. The summed E-state index contributed by atoms with van der Waals surface area (Å²) in [5.74, 6) is -0.248. The Hall–Kier alpha value is -4.33. The Morgan fingerprint density at radius 1 is 0.902 bits per heavy atom. The summed E-state index contributed by atoms with van der Waals surface area (Å²) in [7, 11) is 1.39. The van der Waals surface area contributed by atoms with Gasteiger partial charge in [0.05, 0.1) is 32.5 Å². The maximum atomic E-state index is 13.5. The van der Waals surface area contributed by atoms with Crippen LogP contribution in [-0.2, 0) is 27.4 Å². The number of carbonyl (C=O) groups excluding carboxylic acids is 2. The van der Waals surface area contributed by atoms with E-state index in [-0.39, 0.29) is 29.4 Å². The fraction of sp³-hybridized carbons (Fsp3) is 0.646. The third-order valence-electron chi connectivity index (χ3n) is 11.3. The first-order valence-corrected chi connectivity index (χ1v) is 23.2. The second-order valence-corrected chi connectivity index (χ2v) is 16.4. The van der Waals surface area contributed by atoms with Crippen molar-refractivity contribution < 1.29 is 23.8 Å². The minimum Gasteiger partial charge on any atom is -0.465 e. The number of aromatic nitrogens is 4. The van der Waals surface area contributed by atoms with Crippen LogP contribution in [0.25, 0.3) is 11.2 Å². The SMILES string of the molecule is CCCCOc1nc(NC(=O)CCCCC/C=C(\C)CCCCC=C(CC)CCC)c2[nH]c(=O)n(CCCN(CCCN3CCOCC3)Cc3cccc(C(=O)OC)c3)c2n1. The molecule has 0 radical (unpaired) electrons. The maximum Gasteiger partial charge on any atom is 0.337 e. The number of nitrogens with zero attached hydrogens (tertiary/aromatic N) is 5. The summed E-state index contributed by atoms with van der Waals surface area (Å²) in [6.07, 6.45) is 20.8. The number of imidazole rings is 1. The van der Waals surface area contributed by atoms with Crippen LogP contribution in [0.1, 0.15) is 146 Å². The van der Waals surface area contributed by atoms with Gasteiger partial charge >= 0.3 is 17.7 Å². The first-order valence-electron chi connectivity index (χ1n) is 23.2. The maximum absolute atomic E-state index is 13.5. The Kier molecular flexibility index (Phi) is 22.9. The molecule has 3 heterocycles. The number of carbonyl (C=O) groups is 2. The summed E-state index contributed by atoms with van der Waals surface area (Å²) in [6, 6.07) is 7.69. The van der Waals surface area contributed by atoms with Crippen molar-refractivity contribution in [3.8, 4) is 6.01 Å². The zero-order chi connectivity index (χ0) is 43.7. The van der Waals surface area contributed by atoms with Gasteiger partial charge < -0.3 is 24.5 Å². The summed E-state index contributed by atoms with van der Waals surface area (Å²) in [4.78, 5) is 55.9. The molecule has 0 bridgehead atoms. The van der Waals surface area contributed by atoms with Gasteiger partial charge in [0.1, 0.15) is 5.52 Å². The van der Waals surface area contributed by atoms with Crippen molar-refractivity contribution in [2.24, 2.45) is 0 Å². The molecule has 1 aliphatic heterocycles. The number of unbranched alkanes of at least 4 members (excludes halogenated alkanes) is 6. The van der Waals surface area contributed by atoms with Crippen molar-refractivity contribution >= 4 is 28.9 Å². The number of benzene rings is 1. The lowest BCUT2D eigenvalue weighted by Crippen LogP contribution is -2.38. The van der Waals surface area contributed by atoms with E-state index >= 15 is 0 Å². The molecule has 4 rings (SSSR count). The molecule has 1 fully saturated rings. The number of allylic oxidation sites excluding steroid dienone is 4. The van der Waals surface area contributed by atoms with Gasteiger partial charge in [0.2, 0.25) is 5.91 Å². The highest BCUT2D eigenvalue weighted by Gasteiger charge is 2.19. The second kappa shape index (κ2) is 28.3. The van der Waals surface area contributed by atoms with E-state index in [4.69, 9.17) is 14.2 Å². The molecule has 2 aromatic heterocycles. The molecule has 1 saturated heterocycles. The van der Waals surface area contributed by atoms with E-state index in [1.807, 2.05) is 18.2 Å². The van der Waals surface area contributed by atoms with Gasteiger partial charge in [-0.3, -0.25) is 19.2 Å². The van der Waals surface area contributed by atoms with Crippen molar-refractivity contribution in [3.05, 3.63) is 69.2 Å². The fourth-order valence-electron chi connectivity index (χ4n) is 7.77. The number of rotatable bonds is 30. The van der Waals surface area contributed by atoms with E-state index in [1.165, 1.54) is 51.2 Å². The Labute approximate surface area is 364 Å². The molecular formula is C48H75N7O6. The molecule has 0 atom stereocenters. The van der Waals surface area contributed by atoms with Crippen LogP contribution in [0.15, 0.2) is 52.4 Å². The van der Waals surface area contributed by atoms with Crippen LogP contribution in [0, 0.1) is 0 Å². The van der Waals surface area contributed by atoms with Crippen LogP contribution in [0.2, 0.25) is 0 Å². The fourth-order valence-corrected chi connectivity index (χ4v) is 7.77. The number of nitrogens with one attached hydrogen (secondary N) is 2. The van der Waals surface area contributed by atoms with Crippen LogP contribution in [0.3, 0.4) is 0 Å². The van der Waals surface area contributed by atoms with E-state index in [1.54, 1.807) is 16.2 Å². The normalized spacial score (nSPS) is 13.9. The van der Waals surface area contributed by atoms with Gasteiger partial charge in [-0.05, 0) is 115 Å². The Morgan fingerprint density at radius 3 is 2.41 bits per heavy atom. The molecule has 61 heavy (non-hydrogen) atoms. The monoisotopic (exact) mass is 846 g/mol. The molecule has 0 aliphatic carbocycles. The number of aromatic amines is 1. The summed E-state index contributed by atoms with van der Waals surface area (Å²) in [5, 5.41) is 2.96. The van der Waals surface area contributed by atoms with E-state index in [9.17, 15) is 14.4 Å². The lowest BCUT2D eigenvalue weighted by Gasteiger charge is -2.28. The van der Waals surface area contributed by atoms with Gasteiger partial charge in [-0.1, -0.05) is 75.5 Å². The Balaban J connectivity index is 1.34. The van der Waals surface area contributed by atoms with E-state index in [0.29, 0.717) is 55.8 Å². The molecular weight excluding hydrogens is 771 g/mol. The topological polar surface area (TPSA) is 144 Å². The lowest BCUT2D eigenvalue weighted by atomic mass is 10.0. The molecule has 2 N–H and O–H groups in total. The van der Waals surface area contributed by atoms with Crippen molar-refractivity contribution in [1.29, 1.82) is 0 Å². The smallest absolute Gasteiger partial charge is 0.337 e. The number of esters is 1. The van der Waals surface area contributed by atoms with Crippen molar-refractivity contribution in [2.75, 3.05) is 65.0 Å². The van der Waals surface area contributed by atoms with Gasteiger partial charge in [-0.15, -0.1) is 0 Å². The standard InChI is InChI=1S/C48H75N7O6/c1-6-9-33-61-47-51-44(49-42(56)26-16-11-10-13-21-38(4)22-14-12-15-23-39(8-3)20-7-2)43-45(52-47)55(48(58)50-43)30-19-29-54(28-18-27-53-31-34-60-35-32-53)37-40-24-17-25-41(36-40)46(57)59-5/h17,21,23-25,36H,6-16,18-20,22,26-35,37H2,1-5H3,(H,50,58)(H,49,51,52,56)/b38-21+,39-23?. The summed E-state index contributed by atoms with van der Waals surface area (Å²) < 4.78 is 18.0. The van der Waals surface area contributed by atoms with Gasteiger partial charge in [0, 0.05) is 39.1 Å². The number of hydrogen-bond acceptors (Lipinski definition) is 10. The number of H-pyrrole nitrogens is 1.